The van der Waals surface area contributed by atoms with Crippen LogP contribution in [0.1, 0.15) is 15.9 Å². The fourth-order valence-electron chi connectivity index (χ4n) is 3.17. The Morgan fingerprint density at radius 1 is 1.00 bits per heavy atom. The smallest absolute Gasteiger partial charge is 0.252 e. The van der Waals surface area contributed by atoms with Crippen molar-refractivity contribution in [3.05, 3.63) is 84.1 Å². The van der Waals surface area contributed by atoms with Crippen LogP contribution in [0.2, 0.25) is 0 Å². The number of rotatable bonds is 7. The maximum absolute atomic E-state index is 12.9. The summed E-state index contributed by atoms with van der Waals surface area (Å²) in [5.74, 6) is 0.242. The van der Waals surface area contributed by atoms with Crippen LogP contribution in [0.3, 0.4) is 0 Å². The van der Waals surface area contributed by atoms with Gasteiger partial charge in [-0.25, -0.2) is 18.1 Å². The molecule has 31 heavy (non-hydrogen) atoms. The number of carbonyl (C=O) groups excluding carboxylic acids is 1. The van der Waals surface area contributed by atoms with Gasteiger partial charge in [0.25, 0.3) is 5.91 Å². The maximum atomic E-state index is 12.9. The molecule has 0 spiro atoms. The van der Waals surface area contributed by atoms with Gasteiger partial charge in [-0.1, -0.05) is 35.9 Å². The van der Waals surface area contributed by atoms with Gasteiger partial charge in [-0.05, 0) is 43.3 Å². The highest BCUT2D eigenvalue weighted by Gasteiger charge is 2.16. The number of fused-ring (bicyclic) bond motifs is 1. The molecule has 2 aromatic carbocycles. The number of amides is 1. The van der Waals surface area contributed by atoms with Crippen LogP contribution in [0.4, 0.5) is 0 Å². The van der Waals surface area contributed by atoms with Crippen LogP contribution in [-0.4, -0.2) is 32.4 Å². The third-order valence-corrected chi connectivity index (χ3v) is 6.25. The van der Waals surface area contributed by atoms with E-state index in [1.54, 1.807) is 48.7 Å². The van der Waals surface area contributed by atoms with Crippen LogP contribution in [0.15, 0.2) is 82.3 Å². The summed E-state index contributed by atoms with van der Waals surface area (Å²) < 4.78 is 32.7. The molecule has 158 valence electrons. The Kier molecular flexibility index (Phi) is 5.83. The maximum Gasteiger partial charge on any atom is 0.252 e. The first-order valence-electron chi connectivity index (χ1n) is 9.72. The van der Waals surface area contributed by atoms with E-state index in [-0.39, 0.29) is 23.9 Å². The summed E-state index contributed by atoms with van der Waals surface area (Å²) in [5, 5.41) is 3.48. The number of sulfonamides is 1. The minimum absolute atomic E-state index is 0.0655. The van der Waals surface area contributed by atoms with E-state index in [0.29, 0.717) is 27.9 Å². The second-order valence-corrected chi connectivity index (χ2v) is 8.78. The molecule has 2 aromatic heterocycles. The lowest BCUT2D eigenvalue weighted by Gasteiger charge is -2.11. The largest absolute Gasteiger partial charge is 0.463 e. The van der Waals surface area contributed by atoms with Gasteiger partial charge in [0.1, 0.15) is 5.69 Å². The highest BCUT2D eigenvalue weighted by molar-refractivity contribution is 7.89. The van der Waals surface area contributed by atoms with E-state index < -0.39 is 10.0 Å². The molecule has 0 fully saturated rings. The van der Waals surface area contributed by atoms with E-state index in [1.165, 1.54) is 0 Å². The first-order valence-corrected chi connectivity index (χ1v) is 11.2. The molecule has 0 unspecified atom stereocenters. The van der Waals surface area contributed by atoms with Gasteiger partial charge in [0.2, 0.25) is 10.0 Å². The first kappa shape index (κ1) is 20.8. The number of aryl methyl sites for hydroxylation is 1. The van der Waals surface area contributed by atoms with Crippen molar-refractivity contribution in [1.82, 2.24) is 15.0 Å². The van der Waals surface area contributed by atoms with Gasteiger partial charge in [0.15, 0.2) is 5.76 Å². The van der Waals surface area contributed by atoms with Crippen molar-refractivity contribution in [3.8, 4) is 11.5 Å². The molecule has 8 heteroatoms. The van der Waals surface area contributed by atoms with Gasteiger partial charge >= 0.3 is 0 Å². The standard InChI is InChI=1S/C23H21N3O4S/c1-16-8-10-17(11-9-16)31(28,29)25-13-12-24-23(27)19-15-21(22-7-4-14-30-22)26-20-6-3-2-5-18(19)20/h2-11,14-15,25H,12-13H2,1H3,(H,24,27). The number of aromatic nitrogens is 1. The van der Waals surface area contributed by atoms with Gasteiger partial charge in [-0.15, -0.1) is 0 Å². The molecule has 7 nitrogen and oxygen atoms in total. The fourth-order valence-corrected chi connectivity index (χ4v) is 4.20. The molecule has 0 bridgehead atoms. The quantitative estimate of drug-likeness (QED) is 0.433. The van der Waals surface area contributed by atoms with E-state index in [4.69, 9.17) is 4.42 Å². The zero-order valence-corrected chi connectivity index (χ0v) is 17.6. The van der Waals surface area contributed by atoms with Crippen molar-refractivity contribution >= 4 is 26.8 Å². The average molecular weight is 436 g/mol. The zero-order valence-electron chi connectivity index (χ0n) is 16.8. The summed E-state index contributed by atoms with van der Waals surface area (Å²) in [7, 11) is -3.63. The molecule has 2 heterocycles. The molecule has 4 rings (SSSR count). The minimum atomic E-state index is -3.63. The number of nitrogens with zero attached hydrogens (tertiary/aromatic N) is 1. The van der Waals surface area contributed by atoms with Crippen molar-refractivity contribution in [2.45, 2.75) is 11.8 Å². The van der Waals surface area contributed by atoms with Crippen molar-refractivity contribution < 1.29 is 17.6 Å². The Morgan fingerprint density at radius 2 is 1.77 bits per heavy atom. The number of hydrogen-bond donors (Lipinski definition) is 2. The number of carbonyl (C=O) groups is 1. The highest BCUT2D eigenvalue weighted by Crippen LogP contribution is 2.25. The molecular weight excluding hydrogens is 414 g/mol. The van der Waals surface area contributed by atoms with Crippen LogP contribution in [0.5, 0.6) is 0 Å². The molecule has 0 aliphatic rings. The molecule has 0 aliphatic carbocycles. The highest BCUT2D eigenvalue weighted by atomic mass is 32.2. The average Bonchev–Trinajstić information content (AvgIpc) is 3.31. The SMILES string of the molecule is Cc1ccc(S(=O)(=O)NCCNC(=O)c2cc(-c3ccco3)nc3ccccc23)cc1. The second kappa shape index (κ2) is 8.71. The summed E-state index contributed by atoms with van der Waals surface area (Å²) >= 11 is 0. The summed E-state index contributed by atoms with van der Waals surface area (Å²) in [6.07, 6.45) is 1.55. The molecule has 0 aliphatic heterocycles. The van der Waals surface area contributed by atoms with Crippen LogP contribution in [-0.2, 0) is 10.0 Å². The number of hydrogen-bond acceptors (Lipinski definition) is 5. The molecule has 2 N–H and O–H groups in total. The number of nitrogens with one attached hydrogen (secondary N) is 2. The van der Waals surface area contributed by atoms with Crippen LogP contribution in [0, 0.1) is 6.92 Å². The van der Waals surface area contributed by atoms with E-state index >= 15 is 0 Å². The third kappa shape index (κ3) is 4.65. The van der Waals surface area contributed by atoms with Gasteiger partial charge in [0, 0.05) is 18.5 Å². The Bertz CT molecular complexity index is 1310. The van der Waals surface area contributed by atoms with E-state index in [2.05, 4.69) is 15.0 Å². The number of para-hydroxylation sites is 1. The number of benzene rings is 2. The van der Waals surface area contributed by atoms with E-state index in [9.17, 15) is 13.2 Å². The van der Waals surface area contributed by atoms with Gasteiger partial charge in [-0.3, -0.25) is 4.79 Å². The number of pyridine rings is 1. The monoisotopic (exact) mass is 435 g/mol. The van der Waals surface area contributed by atoms with Crippen molar-refractivity contribution in [2.75, 3.05) is 13.1 Å². The Morgan fingerprint density at radius 3 is 2.52 bits per heavy atom. The van der Waals surface area contributed by atoms with Crippen LogP contribution < -0.4 is 10.0 Å². The summed E-state index contributed by atoms with van der Waals surface area (Å²) in [6.45, 7) is 2.09. The van der Waals surface area contributed by atoms with Gasteiger partial charge < -0.3 is 9.73 Å². The number of furan rings is 1. The Balaban J connectivity index is 1.47. The molecule has 0 saturated heterocycles. The molecule has 4 aromatic rings. The molecule has 1 amide bonds. The van der Waals surface area contributed by atoms with Crippen molar-refractivity contribution in [3.63, 3.8) is 0 Å². The lowest BCUT2D eigenvalue weighted by atomic mass is 10.1. The normalized spacial score (nSPS) is 11.5. The lowest BCUT2D eigenvalue weighted by molar-refractivity contribution is 0.0956. The van der Waals surface area contributed by atoms with Gasteiger partial charge in [0.05, 0.1) is 22.2 Å². The third-order valence-electron chi connectivity index (χ3n) is 4.77. The van der Waals surface area contributed by atoms with E-state index in [1.807, 2.05) is 31.2 Å². The van der Waals surface area contributed by atoms with E-state index in [0.717, 1.165) is 5.56 Å². The summed E-state index contributed by atoms with van der Waals surface area (Å²) in [5.41, 5.74) is 2.64. The summed E-state index contributed by atoms with van der Waals surface area (Å²) in [4.78, 5) is 17.6. The minimum Gasteiger partial charge on any atom is -0.463 e. The van der Waals surface area contributed by atoms with Crippen LogP contribution in [0.25, 0.3) is 22.4 Å². The fraction of sp³-hybridized carbons (Fsp3) is 0.130. The zero-order chi connectivity index (χ0) is 21.8. The molecule has 0 saturated carbocycles. The topological polar surface area (TPSA) is 101 Å². The summed E-state index contributed by atoms with van der Waals surface area (Å²) in [6, 6.07) is 19.1. The Labute approximate surface area is 180 Å². The molecular formula is C23H21N3O4S. The van der Waals surface area contributed by atoms with Gasteiger partial charge in [-0.2, -0.15) is 0 Å². The second-order valence-electron chi connectivity index (χ2n) is 7.02. The van der Waals surface area contributed by atoms with Crippen LogP contribution >= 0.6 is 0 Å². The van der Waals surface area contributed by atoms with Crippen molar-refractivity contribution in [2.24, 2.45) is 0 Å². The van der Waals surface area contributed by atoms with Crippen molar-refractivity contribution in [1.29, 1.82) is 0 Å². The molecule has 0 radical (unpaired) electrons. The Hall–Kier alpha value is -3.49. The first-order chi connectivity index (χ1) is 14.9. The molecule has 0 atom stereocenters. The lowest BCUT2D eigenvalue weighted by Crippen LogP contribution is -2.34. The predicted octanol–water partition coefficient (Wildman–Crippen LogP) is 3.51. The predicted molar refractivity (Wildman–Crippen MR) is 118 cm³/mol.